The second kappa shape index (κ2) is 4.00. The van der Waals surface area contributed by atoms with Crippen LogP contribution in [-0.4, -0.2) is 31.0 Å². The normalized spacial score (nSPS) is 26.8. The number of halogens is 2. The van der Waals surface area contributed by atoms with Crippen LogP contribution in [0, 0.1) is 0 Å². The fourth-order valence-electron chi connectivity index (χ4n) is 1.31. The van der Waals surface area contributed by atoms with E-state index in [1.165, 1.54) is 0 Å². The Kier molecular flexibility index (Phi) is 3.19. The van der Waals surface area contributed by atoms with Crippen LogP contribution in [-0.2, 0) is 4.79 Å². The van der Waals surface area contributed by atoms with Crippen molar-refractivity contribution < 1.29 is 13.6 Å². The Morgan fingerprint density at radius 2 is 2.38 bits per heavy atom. The van der Waals surface area contributed by atoms with Gasteiger partial charge in [-0.1, -0.05) is 6.92 Å². The predicted octanol–water partition coefficient (Wildman–Crippen LogP) is 0.510. The molecule has 3 nitrogen and oxygen atoms in total. The quantitative estimate of drug-likeness (QED) is 0.669. The Morgan fingerprint density at radius 3 is 2.92 bits per heavy atom. The lowest BCUT2D eigenvalue weighted by molar-refractivity contribution is -0.126. The van der Waals surface area contributed by atoms with Crippen LogP contribution in [0.2, 0.25) is 0 Å². The van der Waals surface area contributed by atoms with Gasteiger partial charge in [0, 0.05) is 6.42 Å². The molecule has 0 saturated carbocycles. The first-order valence-corrected chi connectivity index (χ1v) is 4.44. The molecular formula is C8H14F2N2O. The molecule has 5 heteroatoms. The van der Waals surface area contributed by atoms with Crippen LogP contribution < -0.4 is 10.6 Å². The first-order valence-electron chi connectivity index (χ1n) is 4.44. The maximum absolute atomic E-state index is 13.1. The van der Waals surface area contributed by atoms with Gasteiger partial charge in [0.25, 0.3) is 5.92 Å². The lowest BCUT2D eigenvalue weighted by Crippen LogP contribution is -2.57. The van der Waals surface area contributed by atoms with Gasteiger partial charge in [0.1, 0.15) is 0 Å². The maximum atomic E-state index is 13.1. The molecule has 13 heavy (non-hydrogen) atoms. The molecule has 0 radical (unpaired) electrons. The summed E-state index contributed by atoms with van der Waals surface area (Å²) in [5, 5.41) is 4.92. The number of nitrogens with one attached hydrogen (secondary N) is 2. The van der Waals surface area contributed by atoms with Gasteiger partial charge in [0.2, 0.25) is 5.91 Å². The van der Waals surface area contributed by atoms with E-state index in [9.17, 15) is 13.6 Å². The molecule has 1 heterocycles. The zero-order valence-corrected chi connectivity index (χ0v) is 7.57. The maximum Gasteiger partial charge on any atom is 0.280 e. The first-order chi connectivity index (χ1) is 6.06. The SMILES string of the molecule is CCC(=O)NC1CCNCC1(F)F. The Morgan fingerprint density at radius 1 is 1.69 bits per heavy atom. The van der Waals surface area contributed by atoms with Gasteiger partial charge in [-0.05, 0) is 13.0 Å². The van der Waals surface area contributed by atoms with E-state index in [4.69, 9.17) is 0 Å². The van der Waals surface area contributed by atoms with Crippen molar-refractivity contribution in [3.8, 4) is 0 Å². The summed E-state index contributed by atoms with van der Waals surface area (Å²) < 4.78 is 26.2. The van der Waals surface area contributed by atoms with Gasteiger partial charge in [-0.25, -0.2) is 8.78 Å². The summed E-state index contributed by atoms with van der Waals surface area (Å²) in [6.07, 6.45) is 0.540. The van der Waals surface area contributed by atoms with Crippen molar-refractivity contribution in [1.82, 2.24) is 10.6 Å². The topological polar surface area (TPSA) is 41.1 Å². The molecular weight excluding hydrogens is 178 g/mol. The Bertz CT molecular complexity index is 197. The summed E-state index contributed by atoms with van der Waals surface area (Å²) in [6.45, 7) is 1.83. The minimum absolute atomic E-state index is 0.250. The highest BCUT2D eigenvalue weighted by Crippen LogP contribution is 2.22. The number of hydrogen-bond donors (Lipinski definition) is 2. The summed E-state index contributed by atoms with van der Waals surface area (Å²) in [4.78, 5) is 10.9. The third-order valence-electron chi connectivity index (χ3n) is 2.14. The Balaban J connectivity index is 2.51. The zero-order chi connectivity index (χ0) is 9.90. The van der Waals surface area contributed by atoms with Gasteiger partial charge < -0.3 is 10.6 Å². The molecule has 0 aromatic carbocycles. The van der Waals surface area contributed by atoms with Gasteiger partial charge in [0.15, 0.2) is 0 Å². The molecule has 1 fully saturated rings. The van der Waals surface area contributed by atoms with Crippen LogP contribution in [0.1, 0.15) is 19.8 Å². The standard InChI is InChI=1S/C8H14F2N2O/c1-2-7(13)12-6-3-4-11-5-8(6,9)10/h6,11H,2-5H2,1H3,(H,12,13). The lowest BCUT2D eigenvalue weighted by Gasteiger charge is -2.32. The van der Waals surface area contributed by atoms with Crippen molar-refractivity contribution in [1.29, 1.82) is 0 Å². The van der Waals surface area contributed by atoms with E-state index in [2.05, 4.69) is 10.6 Å². The molecule has 1 saturated heterocycles. The molecule has 1 aliphatic heterocycles. The fourth-order valence-corrected chi connectivity index (χ4v) is 1.31. The van der Waals surface area contributed by atoms with Crippen LogP contribution in [0.15, 0.2) is 0 Å². The monoisotopic (exact) mass is 192 g/mol. The van der Waals surface area contributed by atoms with Crippen molar-refractivity contribution in [2.75, 3.05) is 13.1 Å². The van der Waals surface area contributed by atoms with Crippen molar-refractivity contribution in [2.24, 2.45) is 0 Å². The molecule has 2 N–H and O–H groups in total. The zero-order valence-electron chi connectivity index (χ0n) is 7.57. The average molecular weight is 192 g/mol. The summed E-state index contributed by atoms with van der Waals surface area (Å²) >= 11 is 0. The first kappa shape index (κ1) is 10.4. The Labute approximate surface area is 75.9 Å². The van der Waals surface area contributed by atoms with Crippen molar-refractivity contribution in [2.45, 2.75) is 31.7 Å². The van der Waals surface area contributed by atoms with E-state index in [0.29, 0.717) is 13.0 Å². The minimum Gasteiger partial charge on any atom is -0.347 e. The molecule has 0 spiro atoms. The molecule has 76 valence electrons. The molecule has 0 aliphatic carbocycles. The molecule has 0 aromatic rings. The lowest BCUT2D eigenvalue weighted by atomic mass is 10.0. The number of amides is 1. The largest absolute Gasteiger partial charge is 0.347 e. The van der Waals surface area contributed by atoms with Gasteiger partial charge in [-0.15, -0.1) is 0 Å². The van der Waals surface area contributed by atoms with Crippen molar-refractivity contribution >= 4 is 5.91 Å². The molecule has 0 bridgehead atoms. The van der Waals surface area contributed by atoms with Crippen LogP contribution in [0.4, 0.5) is 8.78 Å². The number of carbonyl (C=O) groups is 1. The van der Waals surface area contributed by atoms with Gasteiger partial charge >= 0.3 is 0 Å². The van der Waals surface area contributed by atoms with Crippen LogP contribution >= 0.6 is 0 Å². The molecule has 1 amide bonds. The third-order valence-corrected chi connectivity index (χ3v) is 2.14. The highest BCUT2D eigenvalue weighted by molar-refractivity contribution is 5.75. The van der Waals surface area contributed by atoms with E-state index < -0.39 is 12.0 Å². The second-order valence-corrected chi connectivity index (χ2v) is 3.20. The van der Waals surface area contributed by atoms with Crippen LogP contribution in [0.25, 0.3) is 0 Å². The van der Waals surface area contributed by atoms with Gasteiger partial charge in [-0.2, -0.15) is 0 Å². The summed E-state index contributed by atoms with van der Waals surface area (Å²) in [5.74, 6) is -3.13. The van der Waals surface area contributed by atoms with E-state index >= 15 is 0 Å². The fraction of sp³-hybridized carbons (Fsp3) is 0.875. The van der Waals surface area contributed by atoms with E-state index in [1.54, 1.807) is 6.92 Å². The van der Waals surface area contributed by atoms with Gasteiger partial charge in [0.05, 0.1) is 12.6 Å². The molecule has 1 rings (SSSR count). The van der Waals surface area contributed by atoms with Crippen molar-refractivity contribution in [3.63, 3.8) is 0 Å². The molecule has 0 aromatic heterocycles. The summed E-state index contributed by atoms with van der Waals surface area (Å²) in [5.41, 5.74) is 0. The average Bonchev–Trinajstić information content (AvgIpc) is 2.08. The highest BCUT2D eigenvalue weighted by atomic mass is 19.3. The van der Waals surface area contributed by atoms with Gasteiger partial charge in [-0.3, -0.25) is 4.79 Å². The van der Waals surface area contributed by atoms with E-state index in [0.717, 1.165) is 0 Å². The number of piperidine rings is 1. The smallest absolute Gasteiger partial charge is 0.280 e. The summed E-state index contributed by atoms with van der Waals surface area (Å²) in [6, 6.07) is -0.999. The minimum atomic E-state index is -2.82. The van der Waals surface area contributed by atoms with Crippen LogP contribution in [0.3, 0.4) is 0 Å². The third kappa shape index (κ3) is 2.62. The number of rotatable bonds is 2. The van der Waals surface area contributed by atoms with Crippen molar-refractivity contribution in [3.05, 3.63) is 0 Å². The summed E-state index contributed by atoms with van der Waals surface area (Å²) in [7, 11) is 0. The number of alkyl halides is 2. The highest BCUT2D eigenvalue weighted by Gasteiger charge is 2.42. The van der Waals surface area contributed by atoms with E-state index in [1.807, 2.05) is 0 Å². The van der Waals surface area contributed by atoms with E-state index in [-0.39, 0.29) is 18.9 Å². The molecule has 1 aliphatic rings. The van der Waals surface area contributed by atoms with Crippen LogP contribution in [0.5, 0.6) is 0 Å². The Hall–Kier alpha value is -0.710. The second-order valence-electron chi connectivity index (χ2n) is 3.20. The predicted molar refractivity (Wildman–Crippen MR) is 44.7 cm³/mol. The number of hydrogen-bond acceptors (Lipinski definition) is 2. The number of carbonyl (C=O) groups excluding carboxylic acids is 1. The molecule has 1 atom stereocenters. The molecule has 1 unspecified atom stereocenters.